The summed E-state index contributed by atoms with van der Waals surface area (Å²) in [5.74, 6) is -0.752. The molecule has 0 amide bonds. The molecule has 2 aliphatic carbocycles. The Morgan fingerprint density at radius 2 is 2.05 bits per heavy atom. The minimum Gasteiger partial charge on any atom is -0.545 e. The van der Waals surface area contributed by atoms with Gasteiger partial charge < -0.3 is 9.90 Å². The van der Waals surface area contributed by atoms with Gasteiger partial charge in [0.2, 0.25) is 0 Å². The SMILES string of the molecule is C=C1CC2(C)CC1C(c1ccccc1)=C2/C=C(\C)C(=O)[O-]. The number of carbonyl (C=O) groups excluding carboxylic acids is 1. The summed E-state index contributed by atoms with van der Waals surface area (Å²) < 4.78 is 0. The van der Waals surface area contributed by atoms with E-state index in [1.54, 1.807) is 6.92 Å². The third-order valence-corrected chi connectivity index (χ3v) is 4.82. The maximum Gasteiger partial charge on any atom is 0.0672 e. The number of hydrogen-bond acceptors (Lipinski definition) is 2. The molecule has 2 aliphatic rings. The number of fused-ring (bicyclic) bond motifs is 2. The van der Waals surface area contributed by atoms with Gasteiger partial charge in [-0.2, -0.15) is 0 Å². The van der Waals surface area contributed by atoms with Crippen LogP contribution in [0.15, 0.2) is 59.7 Å². The van der Waals surface area contributed by atoms with Gasteiger partial charge in [-0.1, -0.05) is 55.5 Å². The molecule has 2 nitrogen and oxygen atoms in total. The first-order valence-electron chi connectivity index (χ1n) is 7.30. The third kappa shape index (κ3) is 2.15. The lowest BCUT2D eigenvalue weighted by atomic mass is 9.77. The lowest BCUT2D eigenvalue weighted by Gasteiger charge is -2.27. The first-order valence-corrected chi connectivity index (χ1v) is 7.30. The summed E-state index contributed by atoms with van der Waals surface area (Å²) in [6, 6.07) is 10.2. The Labute approximate surface area is 125 Å². The molecule has 0 saturated heterocycles. The molecule has 2 heteroatoms. The highest BCUT2D eigenvalue weighted by Gasteiger charge is 2.49. The Morgan fingerprint density at radius 3 is 2.67 bits per heavy atom. The lowest BCUT2D eigenvalue weighted by Crippen LogP contribution is -2.24. The molecule has 0 N–H and O–H groups in total. The van der Waals surface area contributed by atoms with E-state index in [0.29, 0.717) is 5.92 Å². The van der Waals surface area contributed by atoms with Gasteiger partial charge in [-0.3, -0.25) is 0 Å². The van der Waals surface area contributed by atoms with Crippen LogP contribution in [0.1, 0.15) is 32.3 Å². The average molecular weight is 279 g/mol. The Morgan fingerprint density at radius 1 is 1.38 bits per heavy atom. The summed E-state index contributed by atoms with van der Waals surface area (Å²) >= 11 is 0. The number of carboxylic acids is 1. The average Bonchev–Trinajstić information content (AvgIpc) is 2.89. The Balaban J connectivity index is 2.20. The van der Waals surface area contributed by atoms with Gasteiger partial charge in [-0.25, -0.2) is 0 Å². The summed E-state index contributed by atoms with van der Waals surface area (Å²) in [6.45, 7) is 8.04. The van der Waals surface area contributed by atoms with E-state index in [0.717, 1.165) is 18.4 Å². The van der Waals surface area contributed by atoms with Crippen LogP contribution in [0.4, 0.5) is 0 Å². The van der Waals surface area contributed by atoms with Gasteiger partial charge in [0.25, 0.3) is 0 Å². The molecule has 0 radical (unpaired) electrons. The highest BCUT2D eigenvalue weighted by atomic mass is 16.4. The second kappa shape index (κ2) is 4.73. The second-order valence-corrected chi connectivity index (χ2v) is 6.46. The second-order valence-electron chi connectivity index (χ2n) is 6.46. The number of hydrogen-bond donors (Lipinski definition) is 0. The number of rotatable bonds is 3. The van der Waals surface area contributed by atoms with Crippen LogP contribution in [-0.4, -0.2) is 5.97 Å². The molecule has 3 rings (SSSR count). The van der Waals surface area contributed by atoms with Gasteiger partial charge in [0.05, 0.1) is 5.97 Å². The van der Waals surface area contributed by atoms with Crippen molar-refractivity contribution in [2.75, 3.05) is 0 Å². The summed E-state index contributed by atoms with van der Waals surface area (Å²) in [4.78, 5) is 11.1. The highest BCUT2D eigenvalue weighted by molar-refractivity contribution is 5.87. The van der Waals surface area contributed by atoms with Gasteiger partial charge in [0, 0.05) is 5.92 Å². The zero-order valence-corrected chi connectivity index (χ0v) is 12.5. The zero-order chi connectivity index (χ0) is 15.2. The van der Waals surface area contributed by atoms with Crippen LogP contribution >= 0.6 is 0 Å². The monoisotopic (exact) mass is 279 g/mol. The molecule has 0 aliphatic heterocycles. The molecular formula is C19H19O2-. The van der Waals surface area contributed by atoms with Gasteiger partial charge in [0.15, 0.2) is 0 Å². The number of carboxylic acid groups (broad SMARTS) is 1. The molecule has 21 heavy (non-hydrogen) atoms. The van der Waals surface area contributed by atoms with E-state index >= 15 is 0 Å². The largest absolute Gasteiger partial charge is 0.545 e. The van der Waals surface area contributed by atoms with Gasteiger partial charge in [-0.15, -0.1) is 0 Å². The maximum atomic E-state index is 11.1. The first-order chi connectivity index (χ1) is 9.92. The standard InChI is InChI=1S/C19H20O2/c1-12(18(20)21)9-16-17(14-7-5-4-6-8-14)15-11-19(16,3)10-13(15)2/h4-9,15H,2,10-11H2,1,3H3,(H,20,21)/p-1/b12-9+. The fraction of sp³-hybridized carbons (Fsp3) is 0.316. The van der Waals surface area contributed by atoms with Crippen LogP contribution in [0.3, 0.4) is 0 Å². The van der Waals surface area contributed by atoms with Crippen molar-refractivity contribution in [1.29, 1.82) is 0 Å². The zero-order valence-electron chi connectivity index (χ0n) is 12.5. The van der Waals surface area contributed by atoms with Crippen molar-refractivity contribution in [3.63, 3.8) is 0 Å². The van der Waals surface area contributed by atoms with E-state index in [-0.39, 0.29) is 11.0 Å². The number of allylic oxidation sites excluding steroid dienone is 4. The number of benzene rings is 1. The molecule has 0 spiro atoms. The molecule has 1 aromatic carbocycles. The fourth-order valence-electron chi connectivity index (χ4n) is 3.82. The summed E-state index contributed by atoms with van der Waals surface area (Å²) in [6.07, 6.45) is 3.78. The summed E-state index contributed by atoms with van der Waals surface area (Å²) in [5.41, 5.74) is 5.12. The normalized spacial score (nSPS) is 28.4. The van der Waals surface area contributed by atoms with E-state index in [1.165, 1.54) is 16.7 Å². The minimum absolute atomic E-state index is 0.00361. The molecule has 2 unspecified atom stereocenters. The third-order valence-electron chi connectivity index (χ3n) is 4.82. The van der Waals surface area contributed by atoms with Crippen molar-refractivity contribution in [3.8, 4) is 0 Å². The van der Waals surface area contributed by atoms with Crippen molar-refractivity contribution in [3.05, 3.63) is 65.3 Å². The molecular weight excluding hydrogens is 260 g/mol. The molecule has 1 fully saturated rings. The molecule has 0 aromatic heterocycles. The van der Waals surface area contributed by atoms with Crippen LogP contribution in [-0.2, 0) is 4.79 Å². The Bertz CT molecular complexity index is 679. The lowest BCUT2D eigenvalue weighted by molar-refractivity contribution is -0.299. The first kappa shape index (κ1) is 13.9. The van der Waals surface area contributed by atoms with Crippen LogP contribution in [0.25, 0.3) is 5.57 Å². The van der Waals surface area contributed by atoms with Crippen molar-refractivity contribution >= 4 is 11.5 Å². The molecule has 2 atom stereocenters. The molecule has 1 saturated carbocycles. The van der Waals surface area contributed by atoms with E-state index in [1.807, 2.05) is 24.3 Å². The predicted octanol–water partition coefficient (Wildman–Crippen LogP) is 3.12. The number of carbonyl (C=O) groups is 1. The fourth-order valence-corrected chi connectivity index (χ4v) is 3.82. The van der Waals surface area contributed by atoms with Crippen LogP contribution in [0.5, 0.6) is 0 Å². The Kier molecular flexibility index (Phi) is 3.12. The predicted molar refractivity (Wildman–Crippen MR) is 82.1 cm³/mol. The molecule has 0 heterocycles. The maximum absolute atomic E-state index is 11.1. The minimum atomic E-state index is -1.10. The molecule has 108 valence electrons. The molecule has 2 bridgehead atoms. The van der Waals surface area contributed by atoms with Crippen LogP contribution in [0.2, 0.25) is 0 Å². The quantitative estimate of drug-likeness (QED) is 0.630. The van der Waals surface area contributed by atoms with Crippen molar-refractivity contribution in [1.82, 2.24) is 0 Å². The number of aliphatic carboxylic acids is 1. The van der Waals surface area contributed by atoms with Gasteiger partial charge in [0.1, 0.15) is 0 Å². The highest BCUT2D eigenvalue weighted by Crippen LogP contribution is 2.62. The topological polar surface area (TPSA) is 40.1 Å². The smallest absolute Gasteiger partial charge is 0.0672 e. The van der Waals surface area contributed by atoms with Crippen LogP contribution < -0.4 is 5.11 Å². The summed E-state index contributed by atoms with van der Waals surface area (Å²) in [7, 11) is 0. The van der Waals surface area contributed by atoms with E-state index in [9.17, 15) is 9.90 Å². The van der Waals surface area contributed by atoms with Gasteiger partial charge in [-0.05, 0) is 47.5 Å². The molecule has 1 aromatic rings. The summed E-state index contributed by atoms with van der Waals surface area (Å²) in [5, 5.41) is 11.1. The van der Waals surface area contributed by atoms with Gasteiger partial charge >= 0.3 is 0 Å². The van der Waals surface area contributed by atoms with E-state index < -0.39 is 5.97 Å². The van der Waals surface area contributed by atoms with Crippen molar-refractivity contribution in [2.45, 2.75) is 26.7 Å². The van der Waals surface area contributed by atoms with E-state index in [4.69, 9.17) is 0 Å². The van der Waals surface area contributed by atoms with E-state index in [2.05, 4.69) is 25.6 Å². The van der Waals surface area contributed by atoms with Crippen molar-refractivity contribution < 1.29 is 9.90 Å². The van der Waals surface area contributed by atoms with Crippen molar-refractivity contribution in [2.24, 2.45) is 11.3 Å². The Hall–Kier alpha value is -2.09. The van der Waals surface area contributed by atoms with Crippen LogP contribution in [0, 0.1) is 11.3 Å².